The quantitative estimate of drug-likeness (QED) is 0.741. The summed E-state index contributed by atoms with van der Waals surface area (Å²) in [7, 11) is 0. The maximum absolute atomic E-state index is 12.0. The van der Waals surface area contributed by atoms with Crippen molar-refractivity contribution in [3.05, 3.63) is 54.1 Å². The van der Waals surface area contributed by atoms with Crippen LogP contribution in [0.25, 0.3) is 0 Å². The maximum Gasteiger partial charge on any atom is 0.225 e. The molecule has 22 heavy (non-hydrogen) atoms. The molecule has 2 aromatic carbocycles. The Labute approximate surface area is 136 Å². The van der Waals surface area contributed by atoms with Gasteiger partial charge in [-0.15, -0.1) is 0 Å². The zero-order valence-electron chi connectivity index (χ0n) is 13.0. The number of carbonyl (C=O) groups excluding carboxylic acids is 1. The Morgan fingerprint density at radius 2 is 2.00 bits per heavy atom. The Kier molecular flexibility index (Phi) is 6.34. The Bertz CT molecular complexity index is 628. The zero-order valence-corrected chi connectivity index (χ0v) is 13.8. The maximum atomic E-state index is 12.0. The molecule has 0 fully saturated rings. The highest BCUT2D eigenvalue weighted by Crippen LogP contribution is 2.29. The number of hydrogen-bond donors (Lipinski definition) is 1. The van der Waals surface area contributed by atoms with E-state index in [2.05, 4.69) is 12.2 Å². The van der Waals surface area contributed by atoms with Crippen LogP contribution in [-0.2, 0) is 4.79 Å². The van der Waals surface area contributed by atoms with E-state index in [-0.39, 0.29) is 5.91 Å². The topological polar surface area (TPSA) is 38.3 Å². The average molecular weight is 315 g/mol. The van der Waals surface area contributed by atoms with Crippen molar-refractivity contribution < 1.29 is 9.53 Å². The number of hydrogen-bond acceptors (Lipinski definition) is 3. The van der Waals surface area contributed by atoms with E-state index in [0.717, 1.165) is 22.8 Å². The third-order valence-corrected chi connectivity index (χ3v) is 3.96. The summed E-state index contributed by atoms with van der Waals surface area (Å²) in [6.45, 7) is 4.11. The summed E-state index contributed by atoms with van der Waals surface area (Å²) >= 11 is 1.76. The van der Waals surface area contributed by atoms with Gasteiger partial charge in [-0.3, -0.25) is 4.79 Å². The fourth-order valence-corrected chi connectivity index (χ4v) is 2.61. The predicted octanol–water partition coefficient (Wildman–Crippen LogP) is 4.87. The third-order valence-electron chi connectivity index (χ3n) is 3.06. The first-order valence-electron chi connectivity index (χ1n) is 7.40. The minimum atomic E-state index is 0.0150. The first-order valence-corrected chi connectivity index (χ1v) is 8.55. The largest absolute Gasteiger partial charge is 0.455 e. The van der Waals surface area contributed by atoms with Crippen molar-refractivity contribution in [3.63, 3.8) is 0 Å². The minimum Gasteiger partial charge on any atom is -0.455 e. The average Bonchev–Trinajstić information content (AvgIpc) is 2.50. The van der Waals surface area contributed by atoms with Gasteiger partial charge >= 0.3 is 0 Å². The number of amides is 1. The number of carbonyl (C=O) groups is 1. The summed E-state index contributed by atoms with van der Waals surface area (Å²) in [6, 6.07) is 15.3. The van der Waals surface area contributed by atoms with Gasteiger partial charge in [-0.05, 0) is 42.5 Å². The molecule has 0 aliphatic heterocycles. The molecule has 0 saturated heterocycles. The molecule has 116 valence electrons. The molecule has 3 nitrogen and oxygen atoms in total. The number of rotatable bonds is 7. The molecule has 0 aromatic heterocycles. The first-order chi connectivity index (χ1) is 10.7. The summed E-state index contributed by atoms with van der Waals surface area (Å²) in [5.41, 5.74) is 1.84. The third kappa shape index (κ3) is 5.11. The van der Waals surface area contributed by atoms with Crippen LogP contribution in [0.1, 0.15) is 18.9 Å². The SMILES string of the molecule is CCSCCC(=O)Nc1ccccc1Oc1cccc(C)c1. The number of ether oxygens (including phenoxy) is 1. The highest BCUT2D eigenvalue weighted by Gasteiger charge is 2.08. The molecule has 4 heteroatoms. The Hall–Kier alpha value is -1.94. The van der Waals surface area contributed by atoms with Crippen LogP contribution in [0.5, 0.6) is 11.5 Å². The monoisotopic (exact) mass is 315 g/mol. The fourth-order valence-electron chi connectivity index (χ4n) is 1.99. The lowest BCUT2D eigenvalue weighted by Gasteiger charge is -2.12. The van der Waals surface area contributed by atoms with Gasteiger partial charge in [-0.1, -0.05) is 31.2 Å². The van der Waals surface area contributed by atoms with Crippen LogP contribution in [0, 0.1) is 6.92 Å². The van der Waals surface area contributed by atoms with E-state index in [9.17, 15) is 4.79 Å². The minimum absolute atomic E-state index is 0.0150. The zero-order chi connectivity index (χ0) is 15.8. The van der Waals surface area contributed by atoms with Gasteiger partial charge in [0.15, 0.2) is 5.75 Å². The highest BCUT2D eigenvalue weighted by atomic mass is 32.2. The second-order valence-electron chi connectivity index (χ2n) is 4.91. The van der Waals surface area contributed by atoms with Gasteiger partial charge in [-0.2, -0.15) is 11.8 Å². The van der Waals surface area contributed by atoms with Crippen molar-refractivity contribution in [1.29, 1.82) is 0 Å². The van der Waals surface area contributed by atoms with Crippen LogP contribution in [0.15, 0.2) is 48.5 Å². The highest BCUT2D eigenvalue weighted by molar-refractivity contribution is 7.99. The number of benzene rings is 2. The summed E-state index contributed by atoms with van der Waals surface area (Å²) in [4.78, 5) is 12.0. The van der Waals surface area contributed by atoms with E-state index < -0.39 is 0 Å². The smallest absolute Gasteiger partial charge is 0.225 e. The number of anilines is 1. The molecule has 1 N–H and O–H groups in total. The van der Waals surface area contributed by atoms with Crippen LogP contribution >= 0.6 is 11.8 Å². The van der Waals surface area contributed by atoms with Crippen LogP contribution < -0.4 is 10.1 Å². The Balaban J connectivity index is 2.05. The van der Waals surface area contributed by atoms with Gasteiger partial charge in [-0.25, -0.2) is 0 Å². The molecule has 2 aromatic rings. The van der Waals surface area contributed by atoms with E-state index in [1.54, 1.807) is 11.8 Å². The standard InChI is InChI=1S/C18H21NO2S/c1-3-22-12-11-18(20)19-16-9-4-5-10-17(16)21-15-8-6-7-14(2)13-15/h4-10,13H,3,11-12H2,1-2H3,(H,19,20). The van der Waals surface area contributed by atoms with Crippen LogP contribution in [0.4, 0.5) is 5.69 Å². The van der Waals surface area contributed by atoms with E-state index in [0.29, 0.717) is 17.9 Å². The van der Waals surface area contributed by atoms with E-state index in [1.165, 1.54) is 0 Å². The van der Waals surface area contributed by atoms with Crippen molar-refractivity contribution in [2.75, 3.05) is 16.8 Å². The van der Waals surface area contributed by atoms with Gasteiger partial charge in [0.2, 0.25) is 5.91 Å². The molecule has 0 atom stereocenters. The lowest BCUT2D eigenvalue weighted by Crippen LogP contribution is -2.12. The molecule has 0 unspecified atom stereocenters. The lowest BCUT2D eigenvalue weighted by atomic mass is 10.2. The molecule has 2 rings (SSSR count). The molecule has 0 aliphatic carbocycles. The molecule has 0 radical (unpaired) electrons. The van der Waals surface area contributed by atoms with Gasteiger partial charge < -0.3 is 10.1 Å². The summed E-state index contributed by atoms with van der Waals surface area (Å²) in [5.74, 6) is 3.30. The molecule has 0 heterocycles. The van der Waals surface area contributed by atoms with Crippen molar-refractivity contribution in [1.82, 2.24) is 0 Å². The van der Waals surface area contributed by atoms with Gasteiger partial charge in [0.1, 0.15) is 5.75 Å². The molecular weight excluding hydrogens is 294 g/mol. The number of para-hydroxylation sites is 2. The molecule has 0 aliphatic rings. The van der Waals surface area contributed by atoms with Crippen molar-refractivity contribution >= 4 is 23.4 Å². The van der Waals surface area contributed by atoms with Gasteiger partial charge in [0.05, 0.1) is 5.69 Å². The molecule has 0 bridgehead atoms. The molecule has 1 amide bonds. The normalized spacial score (nSPS) is 10.3. The Morgan fingerprint density at radius 3 is 2.77 bits per heavy atom. The van der Waals surface area contributed by atoms with E-state index >= 15 is 0 Å². The van der Waals surface area contributed by atoms with Gasteiger partial charge in [0, 0.05) is 12.2 Å². The van der Waals surface area contributed by atoms with Gasteiger partial charge in [0.25, 0.3) is 0 Å². The van der Waals surface area contributed by atoms with Crippen molar-refractivity contribution in [3.8, 4) is 11.5 Å². The lowest BCUT2D eigenvalue weighted by molar-refractivity contribution is -0.115. The first kappa shape index (κ1) is 16.4. The van der Waals surface area contributed by atoms with E-state index in [4.69, 9.17) is 4.74 Å². The molecule has 0 saturated carbocycles. The molecular formula is C18H21NO2S. The van der Waals surface area contributed by atoms with Crippen LogP contribution in [0.3, 0.4) is 0 Å². The fraction of sp³-hybridized carbons (Fsp3) is 0.278. The van der Waals surface area contributed by atoms with Crippen LogP contribution in [0.2, 0.25) is 0 Å². The summed E-state index contributed by atoms with van der Waals surface area (Å²) < 4.78 is 5.90. The summed E-state index contributed by atoms with van der Waals surface area (Å²) in [6.07, 6.45) is 0.511. The van der Waals surface area contributed by atoms with E-state index in [1.807, 2.05) is 55.5 Å². The number of thioether (sulfide) groups is 1. The summed E-state index contributed by atoms with van der Waals surface area (Å²) in [5, 5.41) is 2.93. The number of aryl methyl sites for hydroxylation is 1. The van der Waals surface area contributed by atoms with Crippen molar-refractivity contribution in [2.24, 2.45) is 0 Å². The second-order valence-corrected chi connectivity index (χ2v) is 6.30. The number of nitrogens with one attached hydrogen (secondary N) is 1. The Morgan fingerprint density at radius 1 is 1.18 bits per heavy atom. The molecule has 0 spiro atoms. The van der Waals surface area contributed by atoms with Crippen molar-refractivity contribution in [2.45, 2.75) is 20.3 Å². The predicted molar refractivity (Wildman–Crippen MR) is 93.9 cm³/mol. The van der Waals surface area contributed by atoms with Crippen LogP contribution in [-0.4, -0.2) is 17.4 Å². The second kappa shape index (κ2) is 8.49.